The first-order valence-corrected chi connectivity index (χ1v) is 5.00. The van der Waals surface area contributed by atoms with Crippen molar-refractivity contribution in [2.24, 2.45) is 0 Å². The highest BCUT2D eigenvalue weighted by Gasteiger charge is 2.16. The normalized spacial score (nSPS) is 11.1. The minimum absolute atomic E-state index is 0.0240. The summed E-state index contributed by atoms with van der Waals surface area (Å²) >= 11 is 0. The summed E-state index contributed by atoms with van der Waals surface area (Å²) in [6.45, 7) is 0.916. The molecular weight excluding hydrogens is 240 g/mol. The van der Waals surface area contributed by atoms with E-state index < -0.39 is 23.6 Å². The molecule has 1 atom stereocenters. The number of hydrogen-bond donors (Lipinski definition) is 0. The Morgan fingerprint density at radius 2 is 2.22 bits per heavy atom. The lowest BCUT2D eigenvalue weighted by molar-refractivity contribution is -0.385. The molecule has 0 saturated heterocycles. The maximum absolute atomic E-state index is 11.2. The molecule has 0 fully saturated rings. The van der Waals surface area contributed by atoms with Crippen molar-refractivity contribution in [3.05, 3.63) is 34.4 Å². The summed E-state index contributed by atoms with van der Waals surface area (Å²) in [5.74, 6) is -0.786. The van der Waals surface area contributed by atoms with Crippen LogP contribution in [0.5, 0.6) is 5.75 Å². The first kappa shape index (κ1) is 13.4. The number of benzene rings is 1. The van der Waals surface area contributed by atoms with Crippen LogP contribution in [0.4, 0.5) is 5.69 Å². The molecule has 1 aromatic rings. The van der Waals surface area contributed by atoms with Gasteiger partial charge in [-0.15, -0.1) is 0 Å². The number of nitriles is 1. The zero-order valence-corrected chi connectivity index (χ0v) is 9.53. The first-order valence-electron chi connectivity index (χ1n) is 5.00. The first-order chi connectivity index (χ1) is 8.54. The molecule has 0 bridgehead atoms. The van der Waals surface area contributed by atoms with Gasteiger partial charge < -0.3 is 9.47 Å². The van der Waals surface area contributed by atoms with Gasteiger partial charge in [0.05, 0.1) is 4.92 Å². The van der Waals surface area contributed by atoms with E-state index in [1.165, 1.54) is 25.1 Å². The fourth-order valence-corrected chi connectivity index (χ4v) is 1.12. The minimum Gasteiger partial charge on any atom is -0.475 e. The monoisotopic (exact) mass is 250 g/mol. The SMILES string of the molecule is C[C@H](C#N)OC(=O)COc1ccccc1[N+](=O)[O-]. The lowest BCUT2D eigenvalue weighted by Gasteiger charge is -2.07. The molecule has 0 aliphatic heterocycles. The van der Waals surface area contributed by atoms with Gasteiger partial charge in [0.25, 0.3) is 0 Å². The van der Waals surface area contributed by atoms with Crippen molar-refractivity contribution >= 4 is 11.7 Å². The smallest absolute Gasteiger partial charge is 0.345 e. The number of para-hydroxylation sites is 2. The van der Waals surface area contributed by atoms with Crippen molar-refractivity contribution in [2.75, 3.05) is 6.61 Å². The second-order valence-corrected chi connectivity index (χ2v) is 3.27. The van der Waals surface area contributed by atoms with Crippen LogP contribution in [0.3, 0.4) is 0 Å². The minimum atomic E-state index is -0.883. The van der Waals surface area contributed by atoms with E-state index in [2.05, 4.69) is 4.74 Å². The largest absolute Gasteiger partial charge is 0.475 e. The Kier molecular flexibility index (Phi) is 4.63. The average molecular weight is 250 g/mol. The fourth-order valence-electron chi connectivity index (χ4n) is 1.12. The lowest BCUT2D eigenvalue weighted by atomic mass is 10.3. The molecule has 0 unspecified atom stereocenters. The molecule has 0 saturated carbocycles. The van der Waals surface area contributed by atoms with Gasteiger partial charge in [-0.05, 0) is 13.0 Å². The predicted octanol–water partition coefficient (Wildman–Crippen LogP) is 1.43. The molecule has 1 aromatic carbocycles. The second-order valence-electron chi connectivity index (χ2n) is 3.27. The van der Waals surface area contributed by atoms with Crippen molar-refractivity contribution in [3.8, 4) is 11.8 Å². The molecule has 0 N–H and O–H groups in total. The molecule has 1 rings (SSSR count). The van der Waals surface area contributed by atoms with Gasteiger partial charge in [-0.2, -0.15) is 5.26 Å². The van der Waals surface area contributed by atoms with Gasteiger partial charge in [-0.25, -0.2) is 4.79 Å². The van der Waals surface area contributed by atoms with Crippen LogP contribution in [0.2, 0.25) is 0 Å². The van der Waals surface area contributed by atoms with Gasteiger partial charge in [-0.1, -0.05) is 12.1 Å². The Hall–Kier alpha value is -2.62. The lowest BCUT2D eigenvalue weighted by Crippen LogP contribution is -2.19. The van der Waals surface area contributed by atoms with E-state index in [1.807, 2.05) is 0 Å². The van der Waals surface area contributed by atoms with Crippen molar-refractivity contribution in [1.29, 1.82) is 5.26 Å². The summed E-state index contributed by atoms with van der Waals surface area (Å²) < 4.78 is 9.61. The topological polar surface area (TPSA) is 102 Å². The maximum Gasteiger partial charge on any atom is 0.345 e. The predicted molar refractivity (Wildman–Crippen MR) is 59.8 cm³/mol. The van der Waals surface area contributed by atoms with Crippen molar-refractivity contribution < 1.29 is 19.2 Å². The molecule has 7 heteroatoms. The summed E-state index contributed by atoms with van der Waals surface area (Å²) in [6.07, 6.45) is -0.883. The number of carbonyl (C=O) groups is 1. The number of carbonyl (C=O) groups excluding carboxylic acids is 1. The van der Waals surface area contributed by atoms with Crippen LogP contribution in [0.25, 0.3) is 0 Å². The highest BCUT2D eigenvalue weighted by Crippen LogP contribution is 2.25. The van der Waals surface area contributed by atoms with E-state index in [0.717, 1.165) is 0 Å². The number of nitro groups is 1. The standard InChI is InChI=1S/C11H10N2O5/c1-8(6-12)18-11(14)7-17-10-5-3-2-4-9(10)13(15)16/h2-5,8H,7H2,1H3/t8-/m1/s1. The Morgan fingerprint density at radius 3 is 2.83 bits per heavy atom. The van der Waals surface area contributed by atoms with E-state index >= 15 is 0 Å². The molecule has 7 nitrogen and oxygen atoms in total. The van der Waals surface area contributed by atoms with Crippen LogP contribution in [-0.2, 0) is 9.53 Å². The van der Waals surface area contributed by atoms with Gasteiger partial charge >= 0.3 is 11.7 Å². The molecule has 0 aliphatic carbocycles. The van der Waals surface area contributed by atoms with Gasteiger partial charge in [-0.3, -0.25) is 10.1 Å². The number of rotatable bonds is 5. The number of hydrogen-bond acceptors (Lipinski definition) is 6. The van der Waals surface area contributed by atoms with Crippen molar-refractivity contribution in [3.63, 3.8) is 0 Å². The summed E-state index contributed by atoms with van der Waals surface area (Å²) in [5, 5.41) is 19.1. The Balaban J connectivity index is 2.62. The van der Waals surface area contributed by atoms with E-state index in [9.17, 15) is 14.9 Å². The zero-order chi connectivity index (χ0) is 13.5. The van der Waals surface area contributed by atoms with E-state index in [1.54, 1.807) is 12.1 Å². The highest BCUT2D eigenvalue weighted by molar-refractivity contribution is 5.71. The Bertz CT molecular complexity index is 494. The number of ether oxygens (including phenoxy) is 2. The van der Waals surface area contributed by atoms with Crippen LogP contribution >= 0.6 is 0 Å². The van der Waals surface area contributed by atoms with Crippen LogP contribution < -0.4 is 4.74 Å². The van der Waals surface area contributed by atoms with E-state index in [4.69, 9.17) is 10.00 Å². The fraction of sp³-hybridized carbons (Fsp3) is 0.273. The van der Waals surface area contributed by atoms with E-state index in [0.29, 0.717) is 0 Å². The second kappa shape index (κ2) is 6.20. The molecule has 18 heavy (non-hydrogen) atoms. The van der Waals surface area contributed by atoms with Gasteiger partial charge in [0.2, 0.25) is 0 Å². The van der Waals surface area contributed by atoms with Crippen LogP contribution in [0.1, 0.15) is 6.92 Å². The molecular formula is C11H10N2O5. The molecule has 0 aliphatic rings. The van der Waals surface area contributed by atoms with Crippen LogP contribution in [-0.4, -0.2) is 23.6 Å². The molecule has 0 amide bonds. The third kappa shape index (κ3) is 3.75. The summed E-state index contributed by atoms with van der Waals surface area (Å²) in [4.78, 5) is 21.2. The molecule has 0 radical (unpaired) electrons. The van der Waals surface area contributed by atoms with Crippen molar-refractivity contribution in [1.82, 2.24) is 0 Å². The Labute approximate surface area is 103 Å². The third-order valence-electron chi connectivity index (χ3n) is 1.90. The van der Waals surface area contributed by atoms with Crippen LogP contribution in [0, 0.1) is 21.4 Å². The van der Waals surface area contributed by atoms with Crippen LogP contribution in [0.15, 0.2) is 24.3 Å². The van der Waals surface area contributed by atoms with Gasteiger partial charge in [0.15, 0.2) is 18.5 Å². The zero-order valence-electron chi connectivity index (χ0n) is 9.53. The third-order valence-corrected chi connectivity index (χ3v) is 1.90. The molecule has 0 heterocycles. The highest BCUT2D eigenvalue weighted by atomic mass is 16.6. The van der Waals surface area contributed by atoms with Gasteiger partial charge in [0.1, 0.15) is 6.07 Å². The average Bonchev–Trinajstić information content (AvgIpc) is 2.36. The molecule has 94 valence electrons. The summed E-state index contributed by atoms with van der Waals surface area (Å²) in [5.41, 5.74) is -0.237. The Morgan fingerprint density at radius 1 is 1.56 bits per heavy atom. The summed E-state index contributed by atoms with van der Waals surface area (Å²) in [6, 6.07) is 7.39. The van der Waals surface area contributed by atoms with Crippen molar-refractivity contribution in [2.45, 2.75) is 13.0 Å². The number of nitro benzene ring substituents is 1. The molecule has 0 spiro atoms. The summed E-state index contributed by atoms with van der Waals surface area (Å²) in [7, 11) is 0. The maximum atomic E-state index is 11.2. The number of nitrogens with zero attached hydrogens (tertiary/aromatic N) is 2. The van der Waals surface area contributed by atoms with Gasteiger partial charge in [0, 0.05) is 6.07 Å². The van der Waals surface area contributed by atoms with E-state index in [-0.39, 0.29) is 11.4 Å². The number of esters is 1. The molecule has 0 aromatic heterocycles. The quantitative estimate of drug-likeness (QED) is 0.445.